The molecular weight excluding hydrogens is 338 g/mol. The number of para-hydroxylation sites is 1. The van der Waals surface area contributed by atoms with Gasteiger partial charge in [0.25, 0.3) is 0 Å². The summed E-state index contributed by atoms with van der Waals surface area (Å²) < 4.78 is 0. The van der Waals surface area contributed by atoms with Crippen LogP contribution in [-0.2, 0) is 0 Å². The van der Waals surface area contributed by atoms with Gasteiger partial charge in [-0.15, -0.1) is 12.4 Å². The fourth-order valence-electron chi connectivity index (χ4n) is 3.27. The van der Waals surface area contributed by atoms with E-state index in [1.54, 1.807) is 0 Å². The molecular formula is C18H28ClN5O. The summed E-state index contributed by atoms with van der Waals surface area (Å²) >= 11 is 0. The summed E-state index contributed by atoms with van der Waals surface area (Å²) in [6.07, 6.45) is 0. The molecule has 0 atom stereocenters. The normalized spacial score (nSPS) is 15.2. The average molecular weight is 366 g/mol. The summed E-state index contributed by atoms with van der Waals surface area (Å²) in [5.41, 5.74) is 1.00. The third kappa shape index (κ3) is 4.32. The highest BCUT2D eigenvalue weighted by Crippen LogP contribution is 2.26. The molecule has 2 heterocycles. The van der Waals surface area contributed by atoms with Crippen LogP contribution in [0.4, 0.5) is 11.8 Å². The molecule has 25 heavy (non-hydrogen) atoms. The quantitative estimate of drug-likeness (QED) is 0.845. The van der Waals surface area contributed by atoms with Crippen LogP contribution in [0.5, 0.6) is 0 Å². The van der Waals surface area contributed by atoms with E-state index >= 15 is 0 Å². The Morgan fingerprint density at radius 3 is 2.36 bits per heavy atom. The largest absolute Gasteiger partial charge is 0.395 e. The van der Waals surface area contributed by atoms with Crippen LogP contribution in [-0.4, -0.2) is 72.4 Å². The number of aliphatic hydroxyl groups excluding tert-OH is 1. The molecule has 0 unspecified atom stereocenters. The minimum Gasteiger partial charge on any atom is -0.395 e. The molecule has 1 N–H and O–H groups in total. The van der Waals surface area contributed by atoms with Crippen LogP contribution in [0.25, 0.3) is 10.9 Å². The van der Waals surface area contributed by atoms with E-state index in [4.69, 9.17) is 15.1 Å². The van der Waals surface area contributed by atoms with Crippen molar-refractivity contribution < 1.29 is 5.11 Å². The number of hydrogen-bond acceptors (Lipinski definition) is 6. The van der Waals surface area contributed by atoms with Gasteiger partial charge in [-0.3, -0.25) is 4.90 Å². The van der Waals surface area contributed by atoms with E-state index in [0.29, 0.717) is 0 Å². The molecule has 1 aromatic heterocycles. The van der Waals surface area contributed by atoms with Crippen molar-refractivity contribution in [2.45, 2.75) is 13.8 Å². The van der Waals surface area contributed by atoms with E-state index in [1.165, 1.54) is 0 Å². The predicted octanol–water partition coefficient (Wildman–Crippen LogP) is 2.01. The topological polar surface area (TPSA) is 55.7 Å². The van der Waals surface area contributed by atoms with Crippen molar-refractivity contribution in [3.8, 4) is 0 Å². The molecule has 7 heteroatoms. The van der Waals surface area contributed by atoms with Gasteiger partial charge in [0.15, 0.2) is 0 Å². The lowest BCUT2D eigenvalue weighted by Crippen LogP contribution is -2.47. The van der Waals surface area contributed by atoms with Crippen LogP contribution in [0.15, 0.2) is 24.3 Å². The first kappa shape index (κ1) is 19.7. The first-order valence-corrected chi connectivity index (χ1v) is 8.86. The maximum Gasteiger partial charge on any atom is 0.227 e. The third-order valence-corrected chi connectivity index (χ3v) is 4.71. The van der Waals surface area contributed by atoms with Gasteiger partial charge >= 0.3 is 0 Å². The second-order valence-electron chi connectivity index (χ2n) is 6.09. The maximum atomic E-state index is 9.09. The maximum absolute atomic E-state index is 9.09. The van der Waals surface area contributed by atoms with Gasteiger partial charge in [0.2, 0.25) is 5.95 Å². The zero-order valence-electron chi connectivity index (χ0n) is 15.1. The zero-order chi connectivity index (χ0) is 16.9. The van der Waals surface area contributed by atoms with Crippen LogP contribution in [0.1, 0.15) is 13.8 Å². The Morgan fingerprint density at radius 2 is 1.72 bits per heavy atom. The Kier molecular flexibility index (Phi) is 7.23. The summed E-state index contributed by atoms with van der Waals surface area (Å²) in [5, 5.41) is 10.2. The second-order valence-corrected chi connectivity index (χ2v) is 6.09. The Hall–Kier alpha value is -1.63. The van der Waals surface area contributed by atoms with Crippen molar-refractivity contribution >= 4 is 35.1 Å². The molecule has 3 rings (SSSR count). The number of aliphatic hydroxyl groups is 1. The molecule has 1 aliphatic rings. The molecule has 0 bridgehead atoms. The van der Waals surface area contributed by atoms with E-state index in [1.807, 2.05) is 12.1 Å². The second kappa shape index (κ2) is 9.17. The molecule has 0 saturated carbocycles. The molecule has 138 valence electrons. The number of hydrogen-bond donors (Lipinski definition) is 1. The van der Waals surface area contributed by atoms with E-state index < -0.39 is 0 Å². The minimum absolute atomic E-state index is 0. The minimum atomic E-state index is 0. The number of aromatic nitrogens is 2. The first-order chi connectivity index (χ1) is 11.8. The molecule has 1 aromatic carbocycles. The van der Waals surface area contributed by atoms with Crippen molar-refractivity contribution in [2.24, 2.45) is 0 Å². The lowest BCUT2D eigenvalue weighted by atomic mass is 10.2. The van der Waals surface area contributed by atoms with Gasteiger partial charge < -0.3 is 14.9 Å². The molecule has 2 aromatic rings. The zero-order valence-corrected chi connectivity index (χ0v) is 15.9. The van der Waals surface area contributed by atoms with E-state index in [2.05, 4.69) is 40.7 Å². The van der Waals surface area contributed by atoms with Gasteiger partial charge in [-0.25, -0.2) is 4.98 Å². The highest BCUT2D eigenvalue weighted by Gasteiger charge is 2.21. The number of nitrogens with zero attached hydrogens (tertiary/aromatic N) is 5. The van der Waals surface area contributed by atoms with Crippen molar-refractivity contribution in [1.82, 2.24) is 14.9 Å². The monoisotopic (exact) mass is 365 g/mol. The van der Waals surface area contributed by atoms with Crippen LogP contribution in [0.2, 0.25) is 0 Å². The molecule has 1 fully saturated rings. The standard InChI is InChI=1S/C18H27N5O.ClH/c1-3-22(4-2)17-15-7-5-6-8-16(15)19-18(20-17)23-11-9-21(10-12-23)13-14-24;/h5-8,24H,3-4,9-14H2,1-2H3;1H. The van der Waals surface area contributed by atoms with E-state index in [9.17, 15) is 0 Å². The van der Waals surface area contributed by atoms with Crippen molar-refractivity contribution in [1.29, 1.82) is 0 Å². The number of β-amino-alcohol motifs (C(OH)–C–C–N with tert-alkyl or cyclic N) is 1. The van der Waals surface area contributed by atoms with Gasteiger partial charge in [-0.1, -0.05) is 12.1 Å². The lowest BCUT2D eigenvalue weighted by molar-refractivity contribution is 0.188. The van der Waals surface area contributed by atoms with Gasteiger partial charge in [0.05, 0.1) is 12.1 Å². The van der Waals surface area contributed by atoms with Gasteiger partial charge in [-0.2, -0.15) is 4.98 Å². The molecule has 1 aliphatic heterocycles. The Bertz CT molecular complexity index is 672. The highest BCUT2D eigenvalue weighted by molar-refractivity contribution is 5.90. The predicted molar refractivity (Wildman–Crippen MR) is 106 cm³/mol. The Labute approximate surface area is 155 Å². The summed E-state index contributed by atoms with van der Waals surface area (Å²) in [6, 6.07) is 8.25. The summed E-state index contributed by atoms with van der Waals surface area (Å²) in [6.45, 7) is 10.8. The fourth-order valence-corrected chi connectivity index (χ4v) is 3.27. The number of halogens is 1. The van der Waals surface area contributed by atoms with Crippen molar-refractivity contribution in [3.63, 3.8) is 0 Å². The number of fused-ring (bicyclic) bond motifs is 1. The molecule has 0 radical (unpaired) electrons. The molecule has 0 amide bonds. The smallest absolute Gasteiger partial charge is 0.227 e. The fraction of sp³-hybridized carbons (Fsp3) is 0.556. The molecule has 1 saturated heterocycles. The Morgan fingerprint density at radius 1 is 1.04 bits per heavy atom. The van der Waals surface area contributed by atoms with Gasteiger partial charge in [0, 0.05) is 51.2 Å². The van der Waals surface area contributed by atoms with Crippen molar-refractivity contribution in [3.05, 3.63) is 24.3 Å². The van der Waals surface area contributed by atoms with Crippen LogP contribution in [0, 0.1) is 0 Å². The van der Waals surface area contributed by atoms with Crippen LogP contribution < -0.4 is 9.80 Å². The SMILES string of the molecule is CCN(CC)c1nc(N2CCN(CCO)CC2)nc2ccccc12.Cl. The summed E-state index contributed by atoms with van der Waals surface area (Å²) in [4.78, 5) is 16.5. The molecule has 0 spiro atoms. The molecule has 6 nitrogen and oxygen atoms in total. The van der Waals surface area contributed by atoms with Crippen LogP contribution >= 0.6 is 12.4 Å². The Balaban J connectivity index is 0.00000225. The number of benzene rings is 1. The van der Waals surface area contributed by atoms with Gasteiger partial charge in [0.1, 0.15) is 5.82 Å². The van der Waals surface area contributed by atoms with E-state index in [-0.39, 0.29) is 19.0 Å². The first-order valence-electron chi connectivity index (χ1n) is 8.86. The van der Waals surface area contributed by atoms with E-state index in [0.717, 1.165) is 68.5 Å². The number of anilines is 2. The number of rotatable bonds is 6. The summed E-state index contributed by atoms with van der Waals surface area (Å²) in [5.74, 6) is 1.85. The van der Waals surface area contributed by atoms with Gasteiger partial charge in [-0.05, 0) is 26.0 Å². The molecule has 0 aliphatic carbocycles. The third-order valence-electron chi connectivity index (χ3n) is 4.71. The van der Waals surface area contributed by atoms with Crippen molar-refractivity contribution in [2.75, 3.05) is 62.2 Å². The van der Waals surface area contributed by atoms with Crippen LogP contribution in [0.3, 0.4) is 0 Å². The summed E-state index contributed by atoms with van der Waals surface area (Å²) in [7, 11) is 0. The lowest BCUT2D eigenvalue weighted by Gasteiger charge is -2.35. The highest BCUT2D eigenvalue weighted by atomic mass is 35.5. The number of piperazine rings is 1. The average Bonchev–Trinajstić information content (AvgIpc) is 2.63.